The fourth-order valence-corrected chi connectivity index (χ4v) is 2.59. The average Bonchev–Trinajstić information content (AvgIpc) is 2.55. The molecule has 3 aromatic rings. The van der Waals surface area contributed by atoms with Crippen LogP contribution in [0.1, 0.15) is 16.7 Å². The Bertz CT molecular complexity index is 694. The summed E-state index contributed by atoms with van der Waals surface area (Å²) < 4.78 is 0. The van der Waals surface area contributed by atoms with Crippen LogP contribution in [0.15, 0.2) is 78.9 Å². The van der Waals surface area contributed by atoms with Crippen molar-refractivity contribution in [3.05, 3.63) is 95.6 Å². The van der Waals surface area contributed by atoms with Gasteiger partial charge in [-0.1, -0.05) is 84.4 Å². The van der Waals surface area contributed by atoms with Crippen LogP contribution in [0, 0.1) is 6.92 Å². The Morgan fingerprint density at radius 2 is 1.24 bits per heavy atom. The monoisotopic (exact) mass is 272 g/mol. The van der Waals surface area contributed by atoms with Crippen LogP contribution in [0.5, 0.6) is 0 Å². The Balaban J connectivity index is 1.75. The van der Waals surface area contributed by atoms with Gasteiger partial charge >= 0.3 is 0 Å². The van der Waals surface area contributed by atoms with E-state index in [1.54, 1.807) is 0 Å². The van der Waals surface area contributed by atoms with Gasteiger partial charge in [-0.15, -0.1) is 0 Å². The van der Waals surface area contributed by atoms with E-state index in [1.165, 1.54) is 27.8 Å². The fraction of sp³-hybridized carbons (Fsp3) is 0.143. The van der Waals surface area contributed by atoms with Gasteiger partial charge in [0.05, 0.1) is 0 Å². The van der Waals surface area contributed by atoms with Crippen molar-refractivity contribution in [2.24, 2.45) is 0 Å². The van der Waals surface area contributed by atoms with E-state index in [4.69, 9.17) is 0 Å². The molecule has 0 N–H and O–H groups in total. The lowest BCUT2D eigenvalue weighted by molar-refractivity contribution is 0.961. The molecule has 21 heavy (non-hydrogen) atoms. The maximum atomic E-state index is 2.31. The zero-order chi connectivity index (χ0) is 14.5. The quantitative estimate of drug-likeness (QED) is 0.592. The third-order valence-corrected chi connectivity index (χ3v) is 3.86. The molecule has 0 saturated heterocycles. The highest BCUT2D eigenvalue weighted by Gasteiger charge is 2.00. The van der Waals surface area contributed by atoms with Crippen molar-refractivity contribution in [2.45, 2.75) is 19.8 Å². The molecule has 3 aromatic carbocycles. The van der Waals surface area contributed by atoms with Crippen molar-refractivity contribution < 1.29 is 0 Å². The largest absolute Gasteiger partial charge is 0.0622 e. The Labute approximate surface area is 127 Å². The minimum Gasteiger partial charge on any atom is -0.0622 e. The van der Waals surface area contributed by atoms with Crippen molar-refractivity contribution in [1.82, 2.24) is 0 Å². The summed E-state index contributed by atoms with van der Waals surface area (Å²) in [6.07, 6.45) is 2.18. The summed E-state index contributed by atoms with van der Waals surface area (Å²) in [5.74, 6) is 0. The molecule has 0 fully saturated rings. The number of benzene rings is 3. The molecule has 0 heterocycles. The molecule has 0 heteroatoms. The number of hydrogen-bond donors (Lipinski definition) is 0. The van der Waals surface area contributed by atoms with Gasteiger partial charge < -0.3 is 0 Å². The Hall–Kier alpha value is -2.34. The molecule has 3 rings (SSSR count). The molecule has 0 aromatic heterocycles. The van der Waals surface area contributed by atoms with E-state index < -0.39 is 0 Å². The van der Waals surface area contributed by atoms with Gasteiger partial charge in [0.1, 0.15) is 0 Å². The molecule has 0 unspecified atom stereocenters. The van der Waals surface area contributed by atoms with Crippen LogP contribution in [0.2, 0.25) is 0 Å². The van der Waals surface area contributed by atoms with Gasteiger partial charge in [0.15, 0.2) is 0 Å². The van der Waals surface area contributed by atoms with E-state index in [0.717, 1.165) is 12.8 Å². The lowest BCUT2D eigenvalue weighted by Gasteiger charge is -2.06. The predicted molar refractivity (Wildman–Crippen MR) is 90.5 cm³/mol. The zero-order valence-corrected chi connectivity index (χ0v) is 12.4. The highest BCUT2D eigenvalue weighted by Crippen LogP contribution is 2.21. The molecule has 0 atom stereocenters. The number of aryl methyl sites for hydroxylation is 3. The molecule has 0 nitrogen and oxygen atoms in total. The van der Waals surface area contributed by atoms with Gasteiger partial charge in [0, 0.05) is 0 Å². The average molecular weight is 272 g/mol. The van der Waals surface area contributed by atoms with Gasteiger partial charge in [-0.05, 0) is 42.0 Å². The van der Waals surface area contributed by atoms with E-state index in [1.807, 2.05) is 0 Å². The van der Waals surface area contributed by atoms with E-state index >= 15 is 0 Å². The molecule has 0 aliphatic heterocycles. The number of hydrogen-bond acceptors (Lipinski definition) is 0. The lowest BCUT2D eigenvalue weighted by Crippen LogP contribution is -1.91. The maximum absolute atomic E-state index is 2.31. The first kappa shape index (κ1) is 13.6. The van der Waals surface area contributed by atoms with Crippen molar-refractivity contribution in [3.8, 4) is 11.1 Å². The van der Waals surface area contributed by atoms with Crippen molar-refractivity contribution >= 4 is 0 Å². The van der Waals surface area contributed by atoms with Crippen LogP contribution in [0.4, 0.5) is 0 Å². The molecular formula is C21H20. The van der Waals surface area contributed by atoms with Gasteiger partial charge in [-0.2, -0.15) is 0 Å². The van der Waals surface area contributed by atoms with Crippen molar-refractivity contribution in [1.29, 1.82) is 0 Å². The minimum absolute atomic E-state index is 1.09. The summed E-state index contributed by atoms with van der Waals surface area (Å²) in [7, 11) is 0. The molecule has 0 spiro atoms. The summed E-state index contributed by atoms with van der Waals surface area (Å²) in [5, 5.41) is 0. The highest BCUT2D eigenvalue weighted by atomic mass is 14.1. The summed E-state index contributed by atoms with van der Waals surface area (Å²) in [5.41, 5.74) is 6.71. The molecule has 0 saturated carbocycles. The van der Waals surface area contributed by atoms with Crippen molar-refractivity contribution in [2.75, 3.05) is 0 Å². The first-order chi connectivity index (χ1) is 10.3. The molecule has 0 amide bonds. The SMILES string of the molecule is Cc1ccc(-c2cccc(CCc3ccccc3)c2)cc1. The highest BCUT2D eigenvalue weighted by molar-refractivity contribution is 5.64. The second-order valence-electron chi connectivity index (χ2n) is 5.55. The Kier molecular flexibility index (Phi) is 4.16. The summed E-state index contributed by atoms with van der Waals surface area (Å²) >= 11 is 0. The van der Waals surface area contributed by atoms with Gasteiger partial charge in [-0.3, -0.25) is 0 Å². The maximum Gasteiger partial charge on any atom is -0.0181 e. The van der Waals surface area contributed by atoms with Crippen LogP contribution in [-0.2, 0) is 12.8 Å². The summed E-state index contributed by atoms with van der Waals surface area (Å²) in [4.78, 5) is 0. The van der Waals surface area contributed by atoms with Gasteiger partial charge in [-0.25, -0.2) is 0 Å². The van der Waals surface area contributed by atoms with Gasteiger partial charge in [0.25, 0.3) is 0 Å². The normalized spacial score (nSPS) is 10.5. The van der Waals surface area contributed by atoms with E-state index in [2.05, 4.69) is 85.8 Å². The van der Waals surface area contributed by atoms with E-state index in [-0.39, 0.29) is 0 Å². The van der Waals surface area contributed by atoms with Crippen LogP contribution in [0.3, 0.4) is 0 Å². The van der Waals surface area contributed by atoms with E-state index in [9.17, 15) is 0 Å². The van der Waals surface area contributed by atoms with Crippen LogP contribution in [-0.4, -0.2) is 0 Å². The topological polar surface area (TPSA) is 0 Å². The second kappa shape index (κ2) is 6.41. The van der Waals surface area contributed by atoms with Gasteiger partial charge in [0.2, 0.25) is 0 Å². The molecule has 104 valence electrons. The molecule has 0 aliphatic carbocycles. The molecule has 0 bridgehead atoms. The molecule has 0 radical (unpaired) electrons. The van der Waals surface area contributed by atoms with Crippen LogP contribution < -0.4 is 0 Å². The number of rotatable bonds is 4. The van der Waals surface area contributed by atoms with Crippen LogP contribution in [0.25, 0.3) is 11.1 Å². The first-order valence-electron chi connectivity index (χ1n) is 7.51. The third kappa shape index (κ3) is 3.61. The lowest BCUT2D eigenvalue weighted by atomic mass is 9.99. The second-order valence-corrected chi connectivity index (χ2v) is 5.55. The third-order valence-electron chi connectivity index (χ3n) is 3.86. The van der Waals surface area contributed by atoms with E-state index in [0.29, 0.717) is 0 Å². The molecule has 0 aliphatic rings. The zero-order valence-electron chi connectivity index (χ0n) is 12.4. The van der Waals surface area contributed by atoms with Crippen molar-refractivity contribution in [3.63, 3.8) is 0 Å². The fourth-order valence-electron chi connectivity index (χ4n) is 2.59. The Morgan fingerprint density at radius 1 is 0.571 bits per heavy atom. The Morgan fingerprint density at radius 3 is 2.00 bits per heavy atom. The smallest absolute Gasteiger partial charge is 0.0181 e. The summed E-state index contributed by atoms with van der Waals surface area (Å²) in [6.45, 7) is 2.13. The standard InChI is InChI=1S/C21H20/c1-17-10-14-20(15-11-17)21-9-5-8-19(16-21)13-12-18-6-3-2-4-7-18/h2-11,14-16H,12-13H2,1H3. The first-order valence-corrected chi connectivity index (χ1v) is 7.51. The van der Waals surface area contributed by atoms with Crippen LogP contribution >= 0.6 is 0 Å². The predicted octanol–water partition coefficient (Wildman–Crippen LogP) is 5.45. The summed E-state index contributed by atoms with van der Waals surface area (Å²) in [6, 6.07) is 28.3. The molecular weight excluding hydrogens is 252 g/mol. The minimum atomic E-state index is 1.09.